The van der Waals surface area contributed by atoms with Crippen LogP contribution in [0.1, 0.15) is 6.42 Å². The number of aromatic nitrogens is 2. The van der Waals surface area contributed by atoms with Crippen molar-refractivity contribution >= 4 is 23.3 Å². The molecular weight excluding hydrogens is 272 g/mol. The Morgan fingerprint density at radius 1 is 1.74 bits per heavy atom. The van der Waals surface area contributed by atoms with Crippen molar-refractivity contribution in [1.82, 2.24) is 9.97 Å². The maximum absolute atomic E-state index is 12.0. The summed E-state index contributed by atoms with van der Waals surface area (Å²) in [6, 6.07) is 0. The monoisotopic (exact) mass is 282 g/mol. The van der Waals surface area contributed by atoms with Crippen molar-refractivity contribution in [3.63, 3.8) is 0 Å². The highest BCUT2D eigenvalue weighted by atomic mass is 35.5. The molecule has 1 fully saturated rings. The fraction of sp³-hybridized carbons (Fsp3) is 0.500. The first-order valence-electron chi connectivity index (χ1n) is 5.53. The molecule has 0 N–H and O–H groups in total. The number of halogens is 1. The molecule has 2 heterocycles. The van der Waals surface area contributed by atoms with Gasteiger partial charge in [0.25, 0.3) is 0 Å². The number of hydrogen-bond donors (Lipinski definition) is 0. The Hall–Kier alpha value is -2.05. The van der Waals surface area contributed by atoms with Crippen LogP contribution in [0.25, 0.3) is 10.4 Å². The standard InChI is InChI=1S/C10H11ClN6O2/c1-19-7-4-13-10(11)15-9(7)17-5-6(2-8(17)18)3-14-16-12/h4,6H,2-3,5H2,1H3. The van der Waals surface area contributed by atoms with E-state index in [1.165, 1.54) is 18.2 Å². The molecule has 0 radical (unpaired) electrons. The summed E-state index contributed by atoms with van der Waals surface area (Å²) in [6.07, 6.45) is 1.72. The molecule has 0 aliphatic carbocycles. The number of azide groups is 1. The van der Waals surface area contributed by atoms with Gasteiger partial charge in [-0.25, -0.2) is 4.98 Å². The summed E-state index contributed by atoms with van der Waals surface area (Å²) in [5.74, 6) is 0.589. The molecule has 1 saturated heterocycles. The van der Waals surface area contributed by atoms with E-state index in [1.807, 2.05) is 0 Å². The summed E-state index contributed by atoms with van der Waals surface area (Å²) < 4.78 is 5.12. The van der Waals surface area contributed by atoms with Crippen LogP contribution in [-0.4, -0.2) is 36.1 Å². The highest BCUT2D eigenvalue weighted by Gasteiger charge is 2.32. The number of carbonyl (C=O) groups excluding carboxylic acids is 1. The lowest BCUT2D eigenvalue weighted by molar-refractivity contribution is -0.117. The fourth-order valence-electron chi connectivity index (χ4n) is 1.94. The van der Waals surface area contributed by atoms with Gasteiger partial charge in [0.15, 0.2) is 11.6 Å². The molecular formula is C10H11ClN6O2. The maximum atomic E-state index is 12.0. The number of carbonyl (C=O) groups is 1. The first kappa shape index (κ1) is 13.4. The molecule has 0 aromatic carbocycles. The number of ether oxygens (including phenoxy) is 1. The van der Waals surface area contributed by atoms with Gasteiger partial charge in [-0.3, -0.25) is 9.69 Å². The minimum absolute atomic E-state index is 0.0261. The van der Waals surface area contributed by atoms with Crippen LogP contribution in [0.4, 0.5) is 5.82 Å². The summed E-state index contributed by atoms with van der Waals surface area (Å²) in [4.78, 5) is 24.0. The van der Waals surface area contributed by atoms with Crippen molar-refractivity contribution in [1.29, 1.82) is 0 Å². The number of rotatable bonds is 4. The molecule has 2 rings (SSSR count). The largest absolute Gasteiger partial charge is 0.491 e. The predicted molar refractivity (Wildman–Crippen MR) is 68.1 cm³/mol. The van der Waals surface area contributed by atoms with E-state index >= 15 is 0 Å². The number of anilines is 1. The topological polar surface area (TPSA) is 104 Å². The lowest BCUT2D eigenvalue weighted by Crippen LogP contribution is -2.26. The van der Waals surface area contributed by atoms with Crippen molar-refractivity contribution in [2.24, 2.45) is 11.0 Å². The van der Waals surface area contributed by atoms with E-state index in [0.717, 1.165) is 0 Å². The first-order valence-corrected chi connectivity index (χ1v) is 5.91. The molecule has 1 amide bonds. The summed E-state index contributed by atoms with van der Waals surface area (Å²) in [5, 5.41) is 3.53. The van der Waals surface area contributed by atoms with Crippen LogP contribution in [0.3, 0.4) is 0 Å². The molecule has 1 aromatic rings. The molecule has 9 heteroatoms. The van der Waals surface area contributed by atoms with Gasteiger partial charge in [0, 0.05) is 24.4 Å². The molecule has 8 nitrogen and oxygen atoms in total. The van der Waals surface area contributed by atoms with Crippen molar-refractivity contribution in [3.8, 4) is 5.75 Å². The van der Waals surface area contributed by atoms with E-state index in [4.69, 9.17) is 21.9 Å². The van der Waals surface area contributed by atoms with E-state index in [0.29, 0.717) is 24.5 Å². The van der Waals surface area contributed by atoms with Crippen LogP contribution in [0, 0.1) is 5.92 Å². The minimum atomic E-state index is -0.105. The van der Waals surface area contributed by atoms with Gasteiger partial charge >= 0.3 is 0 Å². The highest BCUT2D eigenvalue weighted by molar-refractivity contribution is 6.28. The zero-order valence-corrected chi connectivity index (χ0v) is 10.9. The molecule has 1 unspecified atom stereocenters. The van der Waals surface area contributed by atoms with Gasteiger partial charge in [-0.15, -0.1) is 0 Å². The van der Waals surface area contributed by atoms with Crippen LogP contribution >= 0.6 is 11.6 Å². The van der Waals surface area contributed by atoms with Crippen molar-refractivity contribution in [2.45, 2.75) is 6.42 Å². The molecule has 0 saturated carbocycles. The SMILES string of the molecule is COc1cnc(Cl)nc1N1CC(CN=[N+]=[N-])CC1=O. The maximum Gasteiger partial charge on any atom is 0.228 e. The second-order valence-electron chi connectivity index (χ2n) is 4.02. The fourth-order valence-corrected chi connectivity index (χ4v) is 2.07. The van der Waals surface area contributed by atoms with Gasteiger partial charge in [-0.05, 0) is 23.0 Å². The Kier molecular flexibility index (Phi) is 4.03. The number of methoxy groups -OCH3 is 1. The van der Waals surface area contributed by atoms with E-state index in [9.17, 15) is 4.79 Å². The van der Waals surface area contributed by atoms with Crippen LogP contribution in [-0.2, 0) is 4.79 Å². The van der Waals surface area contributed by atoms with Crippen LogP contribution < -0.4 is 9.64 Å². The molecule has 1 atom stereocenters. The molecule has 100 valence electrons. The molecule has 1 aromatic heterocycles. The molecule has 19 heavy (non-hydrogen) atoms. The average molecular weight is 283 g/mol. The minimum Gasteiger partial charge on any atom is -0.491 e. The zero-order valence-electron chi connectivity index (χ0n) is 10.2. The van der Waals surface area contributed by atoms with Crippen molar-refractivity contribution in [2.75, 3.05) is 25.1 Å². The molecule has 0 spiro atoms. The van der Waals surface area contributed by atoms with E-state index in [1.54, 1.807) is 0 Å². The third-order valence-corrected chi connectivity index (χ3v) is 2.97. The Bertz CT molecular complexity index is 545. The lowest BCUT2D eigenvalue weighted by atomic mass is 10.1. The van der Waals surface area contributed by atoms with Crippen molar-refractivity contribution in [3.05, 3.63) is 21.9 Å². The van der Waals surface area contributed by atoms with Gasteiger partial charge < -0.3 is 4.74 Å². The quantitative estimate of drug-likeness (QED) is 0.363. The van der Waals surface area contributed by atoms with Gasteiger partial charge in [-0.2, -0.15) is 4.98 Å². The van der Waals surface area contributed by atoms with E-state index in [2.05, 4.69) is 20.0 Å². The van der Waals surface area contributed by atoms with Gasteiger partial charge in [0.05, 0.1) is 13.3 Å². The third-order valence-electron chi connectivity index (χ3n) is 2.79. The average Bonchev–Trinajstić information content (AvgIpc) is 2.77. The van der Waals surface area contributed by atoms with Crippen molar-refractivity contribution < 1.29 is 9.53 Å². The van der Waals surface area contributed by atoms with Crippen LogP contribution in [0.15, 0.2) is 11.3 Å². The zero-order chi connectivity index (χ0) is 13.8. The Labute approximate surface area is 114 Å². The summed E-state index contributed by atoms with van der Waals surface area (Å²) in [6.45, 7) is 0.696. The molecule has 0 bridgehead atoms. The number of hydrogen-bond acceptors (Lipinski definition) is 5. The van der Waals surface area contributed by atoms with Gasteiger partial charge in [0.2, 0.25) is 11.2 Å². The summed E-state index contributed by atoms with van der Waals surface area (Å²) in [7, 11) is 1.47. The molecule has 1 aliphatic rings. The number of amides is 1. The van der Waals surface area contributed by atoms with Gasteiger partial charge in [0.1, 0.15) is 0 Å². The van der Waals surface area contributed by atoms with E-state index < -0.39 is 0 Å². The summed E-state index contributed by atoms with van der Waals surface area (Å²) in [5.41, 5.74) is 8.30. The normalized spacial score (nSPS) is 18.3. The smallest absolute Gasteiger partial charge is 0.228 e. The highest BCUT2D eigenvalue weighted by Crippen LogP contribution is 2.31. The Morgan fingerprint density at radius 3 is 3.21 bits per heavy atom. The first-order chi connectivity index (χ1) is 9.15. The van der Waals surface area contributed by atoms with Gasteiger partial charge in [-0.1, -0.05) is 5.11 Å². The summed E-state index contributed by atoms with van der Waals surface area (Å²) >= 11 is 5.74. The van der Waals surface area contributed by atoms with Crippen LogP contribution in [0.5, 0.6) is 5.75 Å². The predicted octanol–water partition coefficient (Wildman–Crippen LogP) is 1.80. The van der Waals surface area contributed by atoms with E-state index in [-0.39, 0.29) is 23.7 Å². The number of nitrogens with zero attached hydrogens (tertiary/aromatic N) is 6. The Morgan fingerprint density at radius 2 is 2.53 bits per heavy atom. The molecule has 1 aliphatic heterocycles. The second-order valence-corrected chi connectivity index (χ2v) is 4.36. The third kappa shape index (κ3) is 2.86. The Balaban J connectivity index is 2.24. The lowest BCUT2D eigenvalue weighted by Gasteiger charge is -2.17. The second kappa shape index (κ2) is 5.73. The van der Waals surface area contributed by atoms with Crippen LogP contribution in [0.2, 0.25) is 5.28 Å².